The zero-order valence-corrected chi connectivity index (χ0v) is 18.7. The van der Waals surface area contributed by atoms with Crippen LogP contribution in [0.15, 0.2) is 78.0 Å². The second kappa shape index (κ2) is 10.8. The molecule has 1 atom stereocenters. The summed E-state index contributed by atoms with van der Waals surface area (Å²) in [6.45, 7) is 0.437. The van der Waals surface area contributed by atoms with E-state index in [1.54, 1.807) is 7.11 Å². The van der Waals surface area contributed by atoms with Gasteiger partial charge in [-0.05, 0) is 23.8 Å². The monoisotopic (exact) mass is 465 g/mol. The highest BCUT2D eigenvalue weighted by Crippen LogP contribution is 2.25. The Bertz CT molecular complexity index is 1170. The van der Waals surface area contributed by atoms with E-state index in [4.69, 9.17) is 9.57 Å². The van der Waals surface area contributed by atoms with Gasteiger partial charge in [0.05, 0.1) is 25.9 Å². The predicted molar refractivity (Wildman–Crippen MR) is 124 cm³/mol. The number of benzene rings is 3. The number of ether oxygens (including phenoxy) is 1. The third kappa shape index (κ3) is 5.70. The van der Waals surface area contributed by atoms with E-state index >= 15 is 0 Å². The van der Waals surface area contributed by atoms with Crippen LogP contribution >= 0.6 is 0 Å². The van der Waals surface area contributed by atoms with Crippen molar-refractivity contribution in [3.05, 3.63) is 101 Å². The Balaban J connectivity index is 1.47. The molecule has 1 aliphatic heterocycles. The molecule has 176 valence electrons. The van der Waals surface area contributed by atoms with Crippen molar-refractivity contribution < 1.29 is 23.1 Å². The first kappa shape index (κ1) is 23.2. The first-order valence-electron chi connectivity index (χ1n) is 10.9. The summed E-state index contributed by atoms with van der Waals surface area (Å²) in [6, 6.07) is 19.9. The molecule has 3 aromatic carbocycles. The molecule has 0 fully saturated rings. The summed E-state index contributed by atoms with van der Waals surface area (Å²) in [5, 5.41) is 7.06. The number of rotatable bonds is 8. The van der Waals surface area contributed by atoms with Crippen LogP contribution in [0.1, 0.15) is 23.1 Å². The minimum atomic E-state index is -0.709. The molecular formula is C26H25F2N3O3. The molecule has 0 saturated heterocycles. The lowest BCUT2D eigenvalue weighted by Gasteiger charge is -2.25. The van der Waals surface area contributed by atoms with Crippen molar-refractivity contribution in [2.45, 2.75) is 25.6 Å². The third-order valence-electron chi connectivity index (χ3n) is 5.52. The van der Waals surface area contributed by atoms with E-state index in [0.29, 0.717) is 24.4 Å². The number of oxime groups is 1. The number of halogens is 2. The highest BCUT2D eigenvalue weighted by molar-refractivity contribution is 6.03. The van der Waals surface area contributed by atoms with Crippen molar-refractivity contribution in [1.29, 1.82) is 0 Å². The number of hydrogen-bond donors (Lipinski definition) is 1. The molecule has 0 radical (unpaired) electrons. The number of urea groups is 1. The third-order valence-corrected chi connectivity index (χ3v) is 5.52. The quantitative estimate of drug-likeness (QED) is 0.516. The van der Waals surface area contributed by atoms with Gasteiger partial charge in [-0.25, -0.2) is 13.6 Å². The predicted octanol–water partition coefficient (Wildman–Crippen LogP) is 4.88. The average Bonchev–Trinajstić information content (AvgIpc) is 3.32. The zero-order valence-electron chi connectivity index (χ0n) is 18.7. The lowest BCUT2D eigenvalue weighted by molar-refractivity contribution is 0.0586. The van der Waals surface area contributed by atoms with Gasteiger partial charge in [-0.1, -0.05) is 53.7 Å². The van der Waals surface area contributed by atoms with E-state index in [-0.39, 0.29) is 24.7 Å². The van der Waals surface area contributed by atoms with Crippen molar-refractivity contribution in [3.63, 3.8) is 0 Å². The Hall–Kier alpha value is -3.94. The van der Waals surface area contributed by atoms with Gasteiger partial charge in [-0.3, -0.25) is 0 Å². The molecule has 0 spiro atoms. The van der Waals surface area contributed by atoms with Gasteiger partial charge in [0, 0.05) is 30.2 Å². The Labute approximate surface area is 196 Å². The number of carbonyl (C=O) groups excluding carboxylic acids is 1. The number of carbonyl (C=O) groups is 1. The number of hydrogen-bond acceptors (Lipinski definition) is 4. The Morgan fingerprint density at radius 3 is 2.65 bits per heavy atom. The minimum absolute atomic E-state index is 0.0451. The average molecular weight is 466 g/mol. The van der Waals surface area contributed by atoms with E-state index in [1.165, 1.54) is 17.0 Å². The molecule has 1 aliphatic rings. The molecule has 0 bridgehead atoms. The van der Waals surface area contributed by atoms with Gasteiger partial charge < -0.3 is 19.8 Å². The number of nitrogens with one attached hydrogen (secondary N) is 1. The van der Waals surface area contributed by atoms with E-state index < -0.39 is 17.7 Å². The fraction of sp³-hybridized carbons (Fsp3) is 0.231. The number of methoxy groups -OCH3 is 1. The first-order valence-corrected chi connectivity index (χ1v) is 10.9. The summed E-state index contributed by atoms with van der Waals surface area (Å²) in [6.07, 6.45) is 0.0280. The molecular weight excluding hydrogens is 440 g/mol. The molecule has 6 nitrogen and oxygen atoms in total. The highest BCUT2D eigenvalue weighted by atomic mass is 19.1. The second-order valence-electron chi connectivity index (χ2n) is 7.93. The lowest BCUT2D eigenvalue weighted by atomic mass is 10.0. The molecule has 8 heteroatoms. The summed E-state index contributed by atoms with van der Waals surface area (Å²) in [4.78, 5) is 20.1. The molecule has 4 rings (SSSR count). The largest absolute Gasteiger partial charge is 0.496 e. The van der Waals surface area contributed by atoms with Gasteiger partial charge in [0.25, 0.3) is 0 Å². The smallest absolute Gasteiger partial charge is 0.318 e. The lowest BCUT2D eigenvalue weighted by Crippen LogP contribution is -2.43. The van der Waals surface area contributed by atoms with Crippen LogP contribution < -0.4 is 10.1 Å². The van der Waals surface area contributed by atoms with Gasteiger partial charge in [0.15, 0.2) is 6.10 Å². The Morgan fingerprint density at radius 2 is 1.88 bits per heavy atom. The van der Waals surface area contributed by atoms with Crippen LogP contribution in [0.5, 0.6) is 5.75 Å². The maximum Gasteiger partial charge on any atom is 0.318 e. The van der Waals surface area contributed by atoms with E-state index in [1.807, 2.05) is 54.6 Å². The topological polar surface area (TPSA) is 63.2 Å². The maximum atomic E-state index is 14.3. The standard InChI is InChI=1S/C26H25F2N3O3/c1-33-25-10-6-5-9-22(25)24-14-21(34-30-24)17-31(16-19-11-12-20(27)13-23(19)28)26(32)29-15-18-7-3-2-4-8-18/h2-13,21H,14-17H2,1H3,(H,29,32). The molecule has 1 unspecified atom stereocenters. The van der Waals surface area contributed by atoms with Crippen molar-refractivity contribution in [1.82, 2.24) is 10.2 Å². The van der Waals surface area contributed by atoms with Crippen molar-refractivity contribution in [2.75, 3.05) is 13.7 Å². The van der Waals surface area contributed by atoms with E-state index in [0.717, 1.165) is 17.2 Å². The van der Waals surface area contributed by atoms with Crippen LogP contribution in [-0.2, 0) is 17.9 Å². The fourth-order valence-electron chi connectivity index (χ4n) is 3.77. The zero-order chi connectivity index (χ0) is 23.9. The van der Waals surface area contributed by atoms with Crippen molar-refractivity contribution in [2.24, 2.45) is 5.16 Å². The van der Waals surface area contributed by atoms with Crippen LogP contribution in [0.3, 0.4) is 0 Å². The van der Waals surface area contributed by atoms with Gasteiger partial charge in [-0.15, -0.1) is 0 Å². The SMILES string of the molecule is COc1ccccc1C1=NOC(CN(Cc2ccc(F)cc2F)C(=O)NCc2ccccc2)C1. The van der Waals surface area contributed by atoms with Crippen LogP contribution in [-0.4, -0.2) is 36.4 Å². The summed E-state index contributed by atoms with van der Waals surface area (Å²) in [7, 11) is 1.59. The van der Waals surface area contributed by atoms with Gasteiger partial charge in [0.2, 0.25) is 0 Å². The molecule has 1 heterocycles. The number of amides is 2. The maximum absolute atomic E-state index is 14.3. The van der Waals surface area contributed by atoms with E-state index in [9.17, 15) is 13.6 Å². The van der Waals surface area contributed by atoms with Crippen molar-refractivity contribution >= 4 is 11.7 Å². The normalized spacial score (nSPS) is 14.8. The molecule has 0 saturated carbocycles. The van der Waals surface area contributed by atoms with Gasteiger partial charge in [-0.2, -0.15) is 0 Å². The van der Waals surface area contributed by atoms with Crippen LogP contribution in [0.25, 0.3) is 0 Å². The Kier molecular flexibility index (Phi) is 7.37. The fourth-order valence-corrected chi connectivity index (χ4v) is 3.77. The molecule has 0 aromatic heterocycles. The van der Waals surface area contributed by atoms with Crippen molar-refractivity contribution in [3.8, 4) is 5.75 Å². The second-order valence-corrected chi connectivity index (χ2v) is 7.93. The van der Waals surface area contributed by atoms with Crippen LogP contribution in [0.4, 0.5) is 13.6 Å². The summed E-state index contributed by atoms with van der Waals surface area (Å²) >= 11 is 0. The first-order chi connectivity index (χ1) is 16.5. The molecule has 1 N–H and O–H groups in total. The number of nitrogens with zero attached hydrogens (tertiary/aromatic N) is 2. The van der Waals surface area contributed by atoms with Crippen LogP contribution in [0.2, 0.25) is 0 Å². The van der Waals surface area contributed by atoms with E-state index in [2.05, 4.69) is 10.5 Å². The van der Waals surface area contributed by atoms with Crippen LogP contribution in [0, 0.1) is 11.6 Å². The summed E-state index contributed by atoms with van der Waals surface area (Å²) in [5.74, 6) is -0.703. The molecule has 34 heavy (non-hydrogen) atoms. The highest BCUT2D eigenvalue weighted by Gasteiger charge is 2.28. The number of para-hydroxylation sites is 1. The Morgan fingerprint density at radius 1 is 1.12 bits per heavy atom. The molecule has 0 aliphatic carbocycles. The summed E-state index contributed by atoms with van der Waals surface area (Å²) < 4.78 is 33.1. The summed E-state index contributed by atoms with van der Waals surface area (Å²) in [5.41, 5.74) is 2.67. The molecule has 3 aromatic rings. The van der Waals surface area contributed by atoms with Gasteiger partial charge in [0.1, 0.15) is 17.4 Å². The molecule has 2 amide bonds. The minimum Gasteiger partial charge on any atom is -0.496 e. The van der Waals surface area contributed by atoms with Gasteiger partial charge >= 0.3 is 6.03 Å².